The van der Waals surface area contributed by atoms with Crippen molar-refractivity contribution in [1.29, 1.82) is 0 Å². The van der Waals surface area contributed by atoms with Gasteiger partial charge in [0.15, 0.2) is 0 Å². The fourth-order valence-corrected chi connectivity index (χ4v) is 1.69. The van der Waals surface area contributed by atoms with Gasteiger partial charge < -0.3 is 10.1 Å². The first-order valence-electron chi connectivity index (χ1n) is 6.39. The number of nitrogens with zero attached hydrogens (tertiary/aromatic N) is 1. The van der Waals surface area contributed by atoms with Crippen LogP contribution in [0.4, 0.5) is 0 Å². The van der Waals surface area contributed by atoms with Crippen LogP contribution in [0.15, 0.2) is 18.5 Å². The predicted octanol–water partition coefficient (Wildman–Crippen LogP) is 2.90. The number of aromatic nitrogens is 1. The molecule has 1 aliphatic carbocycles. The zero-order valence-electron chi connectivity index (χ0n) is 11.0. The second kappa shape index (κ2) is 5.05. The lowest BCUT2D eigenvalue weighted by Gasteiger charge is -2.28. The lowest BCUT2D eigenvalue weighted by molar-refractivity contribution is 0.118. The van der Waals surface area contributed by atoms with Crippen molar-refractivity contribution in [2.75, 3.05) is 0 Å². The Kier molecular flexibility index (Phi) is 3.67. The Morgan fingerprint density at radius 2 is 2.18 bits per heavy atom. The molecule has 17 heavy (non-hydrogen) atoms. The zero-order chi connectivity index (χ0) is 12.3. The maximum atomic E-state index is 5.97. The lowest BCUT2D eigenvalue weighted by atomic mass is 9.96. The van der Waals surface area contributed by atoms with Crippen LogP contribution < -0.4 is 10.1 Å². The van der Waals surface area contributed by atoms with Crippen LogP contribution in [0.2, 0.25) is 0 Å². The molecule has 1 aliphatic rings. The summed E-state index contributed by atoms with van der Waals surface area (Å²) in [6.07, 6.45) is 7.79. The van der Waals surface area contributed by atoms with Gasteiger partial charge in [-0.3, -0.25) is 4.98 Å². The number of pyridine rings is 1. The molecule has 1 N–H and O–H groups in total. The summed E-state index contributed by atoms with van der Waals surface area (Å²) in [5.41, 5.74) is 1.26. The van der Waals surface area contributed by atoms with Crippen molar-refractivity contribution in [3.05, 3.63) is 24.0 Å². The Balaban J connectivity index is 1.99. The van der Waals surface area contributed by atoms with Gasteiger partial charge in [0.2, 0.25) is 0 Å². The molecule has 3 nitrogen and oxygen atoms in total. The lowest BCUT2D eigenvalue weighted by Crippen LogP contribution is -2.35. The van der Waals surface area contributed by atoms with E-state index in [1.165, 1.54) is 19.3 Å². The molecule has 1 aromatic heterocycles. The highest BCUT2D eigenvalue weighted by atomic mass is 16.5. The van der Waals surface area contributed by atoms with Crippen LogP contribution in [0.3, 0.4) is 0 Å². The summed E-state index contributed by atoms with van der Waals surface area (Å²) in [7, 11) is 0. The van der Waals surface area contributed by atoms with Gasteiger partial charge in [-0.25, -0.2) is 0 Å². The van der Waals surface area contributed by atoms with Crippen LogP contribution in [0.1, 0.15) is 45.6 Å². The van der Waals surface area contributed by atoms with Crippen molar-refractivity contribution < 1.29 is 4.74 Å². The molecule has 0 bridgehead atoms. The molecule has 0 amide bonds. The molecule has 1 aromatic rings. The molecule has 0 atom stereocenters. The van der Waals surface area contributed by atoms with E-state index >= 15 is 0 Å². The minimum atomic E-state index is 0.115. The first kappa shape index (κ1) is 12.4. The Morgan fingerprint density at radius 1 is 1.41 bits per heavy atom. The number of hydrogen-bond acceptors (Lipinski definition) is 3. The van der Waals surface area contributed by atoms with E-state index in [2.05, 4.69) is 31.1 Å². The van der Waals surface area contributed by atoms with Gasteiger partial charge in [0.25, 0.3) is 0 Å². The summed E-state index contributed by atoms with van der Waals surface area (Å²) >= 11 is 0. The van der Waals surface area contributed by atoms with Gasteiger partial charge in [-0.2, -0.15) is 0 Å². The van der Waals surface area contributed by atoms with E-state index in [0.717, 1.165) is 17.9 Å². The van der Waals surface area contributed by atoms with Gasteiger partial charge in [0.05, 0.1) is 6.10 Å². The number of rotatable bonds is 4. The largest absolute Gasteiger partial charge is 0.490 e. The van der Waals surface area contributed by atoms with Crippen molar-refractivity contribution >= 4 is 0 Å². The van der Waals surface area contributed by atoms with E-state index < -0.39 is 0 Å². The van der Waals surface area contributed by atoms with Crippen molar-refractivity contribution in [3.63, 3.8) is 0 Å². The minimum absolute atomic E-state index is 0.115. The maximum Gasteiger partial charge on any atom is 0.127 e. The number of nitrogens with one attached hydrogen (secondary N) is 1. The maximum absolute atomic E-state index is 5.97. The Labute approximate surface area is 104 Å². The van der Waals surface area contributed by atoms with Gasteiger partial charge in [-0.15, -0.1) is 0 Å². The van der Waals surface area contributed by atoms with E-state index in [4.69, 9.17) is 4.74 Å². The fourth-order valence-electron chi connectivity index (χ4n) is 1.69. The van der Waals surface area contributed by atoms with Crippen LogP contribution in [0.25, 0.3) is 0 Å². The number of hydrogen-bond donors (Lipinski definition) is 1. The first-order valence-corrected chi connectivity index (χ1v) is 6.39. The summed E-state index contributed by atoms with van der Waals surface area (Å²) in [6, 6.07) is 1.97. The third-order valence-electron chi connectivity index (χ3n) is 3.01. The van der Waals surface area contributed by atoms with E-state index in [1.54, 1.807) is 6.20 Å². The smallest absolute Gasteiger partial charge is 0.127 e. The first-order chi connectivity index (χ1) is 8.04. The molecule has 0 radical (unpaired) electrons. The van der Waals surface area contributed by atoms with E-state index in [0.29, 0.717) is 6.10 Å². The highest BCUT2D eigenvalue weighted by Crippen LogP contribution is 2.27. The van der Waals surface area contributed by atoms with E-state index in [-0.39, 0.29) is 5.54 Å². The van der Waals surface area contributed by atoms with Gasteiger partial charge in [-0.1, -0.05) is 0 Å². The second-order valence-corrected chi connectivity index (χ2v) is 5.76. The number of ether oxygens (including phenoxy) is 1. The molecule has 3 heteroatoms. The zero-order valence-corrected chi connectivity index (χ0v) is 11.0. The minimum Gasteiger partial charge on any atom is -0.490 e. The van der Waals surface area contributed by atoms with Gasteiger partial charge in [0.1, 0.15) is 5.75 Å². The molecule has 0 saturated heterocycles. The fraction of sp³-hybridized carbons (Fsp3) is 0.643. The molecule has 1 fully saturated rings. The third kappa shape index (κ3) is 3.70. The van der Waals surface area contributed by atoms with E-state index in [9.17, 15) is 0 Å². The molecule has 2 rings (SSSR count). The SMILES string of the molecule is CC(C)(C)NCc1cnccc1OC1CCC1. The molecular formula is C14H22N2O. The normalized spacial score (nSPS) is 16.6. The van der Waals surface area contributed by atoms with Crippen LogP contribution in [-0.2, 0) is 6.54 Å². The molecule has 0 aromatic carbocycles. The van der Waals surface area contributed by atoms with Crippen molar-refractivity contribution in [3.8, 4) is 5.75 Å². The van der Waals surface area contributed by atoms with Crippen LogP contribution in [0.5, 0.6) is 5.75 Å². The molecular weight excluding hydrogens is 212 g/mol. The van der Waals surface area contributed by atoms with Crippen LogP contribution in [0, 0.1) is 0 Å². The standard InChI is InChI=1S/C14H22N2O/c1-14(2,3)16-10-11-9-15-8-7-13(11)17-12-5-4-6-12/h7-9,12,16H,4-6,10H2,1-3H3. The van der Waals surface area contributed by atoms with Crippen LogP contribution >= 0.6 is 0 Å². The third-order valence-corrected chi connectivity index (χ3v) is 3.01. The molecule has 1 heterocycles. The Bertz CT molecular complexity index is 367. The average molecular weight is 234 g/mol. The monoisotopic (exact) mass is 234 g/mol. The summed E-state index contributed by atoms with van der Waals surface area (Å²) < 4.78 is 5.97. The van der Waals surface area contributed by atoms with Crippen molar-refractivity contribution in [2.24, 2.45) is 0 Å². The van der Waals surface area contributed by atoms with Gasteiger partial charge in [-0.05, 0) is 46.1 Å². The Hall–Kier alpha value is -1.09. The quantitative estimate of drug-likeness (QED) is 0.869. The van der Waals surface area contributed by atoms with E-state index in [1.807, 2.05) is 12.3 Å². The summed E-state index contributed by atoms with van der Waals surface area (Å²) in [5.74, 6) is 0.987. The highest BCUT2D eigenvalue weighted by molar-refractivity contribution is 5.30. The molecule has 0 aliphatic heterocycles. The summed E-state index contributed by atoms with van der Waals surface area (Å²) in [4.78, 5) is 4.18. The Morgan fingerprint density at radius 3 is 2.76 bits per heavy atom. The molecule has 94 valence electrons. The molecule has 1 saturated carbocycles. The highest BCUT2D eigenvalue weighted by Gasteiger charge is 2.20. The van der Waals surface area contributed by atoms with Gasteiger partial charge in [0, 0.05) is 30.0 Å². The molecule has 0 spiro atoms. The topological polar surface area (TPSA) is 34.2 Å². The molecule has 0 unspecified atom stereocenters. The predicted molar refractivity (Wildman–Crippen MR) is 69.1 cm³/mol. The van der Waals surface area contributed by atoms with Gasteiger partial charge >= 0.3 is 0 Å². The van der Waals surface area contributed by atoms with Crippen LogP contribution in [-0.4, -0.2) is 16.6 Å². The van der Waals surface area contributed by atoms with Crippen molar-refractivity contribution in [2.45, 2.75) is 58.2 Å². The second-order valence-electron chi connectivity index (χ2n) is 5.76. The average Bonchev–Trinajstić information content (AvgIpc) is 2.21. The summed E-state index contributed by atoms with van der Waals surface area (Å²) in [5, 5.41) is 3.47. The summed E-state index contributed by atoms with van der Waals surface area (Å²) in [6.45, 7) is 7.29. The van der Waals surface area contributed by atoms with Crippen molar-refractivity contribution in [1.82, 2.24) is 10.3 Å².